The lowest BCUT2D eigenvalue weighted by atomic mass is 10.2. The topological polar surface area (TPSA) is 90.1 Å². The molecule has 7 nitrogen and oxygen atoms in total. The first kappa shape index (κ1) is 13.0. The molecule has 1 heterocycles. The minimum Gasteiger partial charge on any atom is -0.486 e. The smallest absolute Gasteiger partial charge is 0.305 e. The maximum Gasteiger partial charge on any atom is 0.305 e. The van der Waals surface area contributed by atoms with Crippen LogP contribution >= 0.6 is 0 Å². The van der Waals surface area contributed by atoms with E-state index in [4.69, 9.17) is 9.84 Å². The van der Waals surface area contributed by atoms with E-state index in [9.17, 15) is 4.79 Å². The number of hydrogen-bond acceptors (Lipinski definition) is 5. The highest BCUT2D eigenvalue weighted by molar-refractivity contribution is 5.66. The number of aliphatic carboxylic acids is 1. The van der Waals surface area contributed by atoms with Crippen LogP contribution in [0.3, 0.4) is 0 Å². The normalized spacial score (nSPS) is 10.4. The highest BCUT2D eigenvalue weighted by Gasteiger charge is 2.08. The number of carbonyl (C=O) groups is 1. The van der Waals surface area contributed by atoms with Crippen LogP contribution in [0.25, 0.3) is 0 Å². The summed E-state index contributed by atoms with van der Waals surface area (Å²) in [4.78, 5) is 10.5. The fourth-order valence-corrected chi connectivity index (χ4v) is 1.48. The molecule has 100 valence electrons. The van der Waals surface area contributed by atoms with E-state index >= 15 is 0 Å². The van der Waals surface area contributed by atoms with Crippen LogP contribution < -0.4 is 4.74 Å². The molecule has 0 aliphatic heterocycles. The molecule has 0 aliphatic carbocycles. The lowest BCUT2D eigenvalue weighted by Crippen LogP contribution is -2.11. The number of benzene rings is 1. The van der Waals surface area contributed by atoms with Gasteiger partial charge in [-0.2, -0.15) is 0 Å². The van der Waals surface area contributed by atoms with Crippen molar-refractivity contribution >= 4 is 5.97 Å². The average molecular weight is 262 g/mol. The summed E-state index contributed by atoms with van der Waals surface area (Å²) in [5.74, 6) is 0.334. The van der Waals surface area contributed by atoms with Gasteiger partial charge in [-0.25, -0.2) is 4.68 Å². The van der Waals surface area contributed by atoms with Gasteiger partial charge < -0.3 is 9.84 Å². The van der Waals surface area contributed by atoms with E-state index in [2.05, 4.69) is 15.5 Å². The molecule has 0 unspecified atom stereocenters. The quantitative estimate of drug-likeness (QED) is 0.836. The van der Waals surface area contributed by atoms with Gasteiger partial charge in [0.05, 0.1) is 13.0 Å². The summed E-state index contributed by atoms with van der Waals surface area (Å²) >= 11 is 0. The molecule has 0 amide bonds. The monoisotopic (exact) mass is 262 g/mol. The third-order valence-electron chi connectivity index (χ3n) is 2.53. The Morgan fingerprint density at radius 1 is 1.37 bits per heavy atom. The Morgan fingerprint density at radius 3 is 2.79 bits per heavy atom. The Balaban J connectivity index is 1.94. The average Bonchev–Trinajstić information content (AvgIpc) is 2.83. The van der Waals surface area contributed by atoms with Crippen molar-refractivity contribution in [1.82, 2.24) is 20.2 Å². The van der Waals surface area contributed by atoms with Gasteiger partial charge in [-0.15, -0.1) is 5.10 Å². The van der Waals surface area contributed by atoms with E-state index in [-0.39, 0.29) is 19.6 Å². The molecule has 0 atom stereocenters. The van der Waals surface area contributed by atoms with Gasteiger partial charge in [0, 0.05) is 0 Å². The standard InChI is InChI=1S/C12H14N4O3/c1-9-2-4-10(5-3-9)19-8-11-13-14-15-16(11)7-6-12(17)18/h2-5H,6-8H2,1H3,(H,17,18). The van der Waals surface area contributed by atoms with E-state index in [1.165, 1.54) is 4.68 Å². The van der Waals surface area contributed by atoms with E-state index in [0.29, 0.717) is 5.82 Å². The Labute approximate surface area is 109 Å². The predicted molar refractivity (Wildman–Crippen MR) is 65.6 cm³/mol. The number of carboxylic acid groups (broad SMARTS) is 1. The van der Waals surface area contributed by atoms with E-state index < -0.39 is 5.97 Å². The van der Waals surface area contributed by atoms with Gasteiger partial charge in [0.2, 0.25) is 0 Å². The third kappa shape index (κ3) is 3.77. The molecule has 2 aromatic rings. The lowest BCUT2D eigenvalue weighted by Gasteiger charge is -2.06. The highest BCUT2D eigenvalue weighted by atomic mass is 16.5. The second-order valence-corrected chi connectivity index (χ2v) is 4.06. The fraction of sp³-hybridized carbons (Fsp3) is 0.333. The molecule has 0 saturated heterocycles. The van der Waals surface area contributed by atoms with Crippen LogP contribution in [0.4, 0.5) is 0 Å². The number of aryl methyl sites for hydroxylation is 2. The zero-order chi connectivity index (χ0) is 13.7. The minimum atomic E-state index is -0.888. The summed E-state index contributed by atoms with van der Waals surface area (Å²) in [5, 5.41) is 19.7. The SMILES string of the molecule is Cc1ccc(OCc2nnnn2CCC(=O)O)cc1. The van der Waals surface area contributed by atoms with Crippen molar-refractivity contribution in [3.8, 4) is 5.75 Å². The molecule has 1 N–H and O–H groups in total. The number of aromatic nitrogens is 4. The molecule has 0 saturated carbocycles. The number of tetrazole rings is 1. The van der Waals surface area contributed by atoms with Gasteiger partial charge >= 0.3 is 5.97 Å². The first-order valence-electron chi connectivity index (χ1n) is 5.81. The van der Waals surface area contributed by atoms with Crippen LogP contribution in [-0.2, 0) is 17.9 Å². The summed E-state index contributed by atoms with van der Waals surface area (Å²) < 4.78 is 6.97. The van der Waals surface area contributed by atoms with Crippen molar-refractivity contribution in [3.05, 3.63) is 35.7 Å². The second kappa shape index (κ2) is 5.94. The maximum absolute atomic E-state index is 10.5. The molecule has 2 rings (SSSR count). The summed E-state index contributed by atoms with van der Waals surface area (Å²) in [6, 6.07) is 7.62. The predicted octanol–water partition coefficient (Wildman–Crippen LogP) is 1.04. The minimum absolute atomic E-state index is 0.0252. The van der Waals surface area contributed by atoms with Gasteiger partial charge in [0.25, 0.3) is 0 Å². The molecule has 7 heteroatoms. The molecule has 1 aromatic carbocycles. The molecule has 19 heavy (non-hydrogen) atoms. The van der Waals surface area contributed by atoms with Crippen molar-refractivity contribution < 1.29 is 14.6 Å². The number of hydrogen-bond donors (Lipinski definition) is 1. The van der Waals surface area contributed by atoms with Crippen molar-refractivity contribution in [2.24, 2.45) is 0 Å². The van der Waals surface area contributed by atoms with E-state index in [1.807, 2.05) is 31.2 Å². The van der Waals surface area contributed by atoms with E-state index in [0.717, 1.165) is 11.3 Å². The molecule has 0 fully saturated rings. The molecule has 0 bridgehead atoms. The Bertz CT molecular complexity index is 550. The fourth-order valence-electron chi connectivity index (χ4n) is 1.48. The van der Waals surface area contributed by atoms with Crippen LogP contribution in [0.15, 0.2) is 24.3 Å². The van der Waals surface area contributed by atoms with Gasteiger partial charge in [-0.1, -0.05) is 17.7 Å². The molecular weight excluding hydrogens is 248 g/mol. The summed E-state index contributed by atoms with van der Waals surface area (Å²) in [6.07, 6.45) is -0.0252. The zero-order valence-corrected chi connectivity index (χ0v) is 10.5. The van der Waals surface area contributed by atoms with Crippen LogP contribution in [-0.4, -0.2) is 31.3 Å². The molecule has 1 aromatic heterocycles. The van der Waals surface area contributed by atoms with Gasteiger partial charge in [-0.05, 0) is 29.5 Å². The van der Waals surface area contributed by atoms with Gasteiger partial charge in [0.15, 0.2) is 5.82 Å². The zero-order valence-electron chi connectivity index (χ0n) is 10.5. The molecular formula is C12H14N4O3. The van der Waals surface area contributed by atoms with Crippen molar-refractivity contribution in [1.29, 1.82) is 0 Å². The van der Waals surface area contributed by atoms with Crippen LogP contribution in [0, 0.1) is 6.92 Å². The number of carboxylic acids is 1. The maximum atomic E-state index is 10.5. The first-order valence-corrected chi connectivity index (χ1v) is 5.81. The number of rotatable bonds is 6. The number of nitrogens with zero attached hydrogens (tertiary/aromatic N) is 4. The Hall–Kier alpha value is -2.44. The Morgan fingerprint density at radius 2 is 2.11 bits per heavy atom. The molecule has 0 radical (unpaired) electrons. The van der Waals surface area contributed by atoms with Crippen LogP contribution in [0.1, 0.15) is 17.8 Å². The second-order valence-electron chi connectivity index (χ2n) is 4.06. The van der Waals surface area contributed by atoms with Gasteiger partial charge in [0.1, 0.15) is 12.4 Å². The third-order valence-corrected chi connectivity index (χ3v) is 2.53. The van der Waals surface area contributed by atoms with Crippen molar-refractivity contribution in [2.45, 2.75) is 26.5 Å². The number of ether oxygens (including phenoxy) is 1. The van der Waals surface area contributed by atoms with Crippen molar-refractivity contribution in [3.63, 3.8) is 0 Å². The Kier molecular flexibility index (Phi) is 4.07. The molecule has 0 spiro atoms. The van der Waals surface area contributed by atoms with Gasteiger partial charge in [-0.3, -0.25) is 4.79 Å². The summed E-state index contributed by atoms with van der Waals surface area (Å²) in [5.41, 5.74) is 1.15. The van der Waals surface area contributed by atoms with Crippen molar-refractivity contribution in [2.75, 3.05) is 0 Å². The van der Waals surface area contributed by atoms with Crippen LogP contribution in [0.5, 0.6) is 5.75 Å². The van der Waals surface area contributed by atoms with E-state index in [1.54, 1.807) is 0 Å². The van der Waals surface area contributed by atoms with Crippen LogP contribution in [0.2, 0.25) is 0 Å². The highest BCUT2D eigenvalue weighted by Crippen LogP contribution is 2.12. The first-order chi connectivity index (χ1) is 9.15. The largest absolute Gasteiger partial charge is 0.486 e. The lowest BCUT2D eigenvalue weighted by molar-refractivity contribution is -0.137. The summed E-state index contributed by atoms with van der Waals surface area (Å²) in [6.45, 7) is 2.43. The summed E-state index contributed by atoms with van der Waals surface area (Å²) in [7, 11) is 0. The molecule has 0 aliphatic rings.